The van der Waals surface area contributed by atoms with E-state index < -0.39 is 0 Å². The fourth-order valence-electron chi connectivity index (χ4n) is 1.28. The number of allylic oxidation sites excluding steroid dienone is 1. The summed E-state index contributed by atoms with van der Waals surface area (Å²) < 4.78 is 0. The minimum Gasteiger partial charge on any atom is -0.396 e. The molecule has 0 fully saturated rings. The van der Waals surface area contributed by atoms with Crippen molar-refractivity contribution >= 4 is 23.2 Å². The molecule has 76 valence electrons. The third kappa shape index (κ3) is 2.74. The minimum atomic E-state index is 0.0577. The van der Waals surface area contributed by atoms with Gasteiger partial charge in [-0.1, -0.05) is 35.3 Å². The summed E-state index contributed by atoms with van der Waals surface area (Å²) in [6, 6.07) is 5.40. The fourth-order valence-corrected chi connectivity index (χ4v) is 1.59. The highest BCUT2D eigenvalue weighted by molar-refractivity contribution is 6.42. The summed E-state index contributed by atoms with van der Waals surface area (Å²) in [5.74, 6) is 0.0577. The molecular formula is C11H12Cl2O. The van der Waals surface area contributed by atoms with Crippen LogP contribution in [0.15, 0.2) is 30.9 Å². The molecule has 1 atom stereocenters. The van der Waals surface area contributed by atoms with Crippen LogP contribution in [0.3, 0.4) is 0 Å². The van der Waals surface area contributed by atoms with Crippen molar-refractivity contribution in [1.29, 1.82) is 0 Å². The van der Waals surface area contributed by atoms with Crippen LogP contribution >= 0.6 is 23.2 Å². The van der Waals surface area contributed by atoms with Gasteiger partial charge >= 0.3 is 0 Å². The molecule has 1 aromatic rings. The van der Waals surface area contributed by atoms with Crippen LogP contribution in [0.1, 0.15) is 17.9 Å². The van der Waals surface area contributed by atoms with Crippen LogP contribution in [-0.2, 0) is 0 Å². The van der Waals surface area contributed by atoms with E-state index in [1.54, 1.807) is 18.2 Å². The zero-order valence-electron chi connectivity index (χ0n) is 7.71. The second-order valence-corrected chi connectivity index (χ2v) is 3.89. The third-order valence-electron chi connectivity index (χ3n) is 2.09. The Hall–Kier alpha value is -0.500. The summed E-state index contributed by atoms with van der Waals surface area (Å²) in [6.07, 6.45) is 2.51. The average Bonchev–Trinajstić information content (AvgIpc) is 2.19. The lowest BCUT2D eigenvalue weighted by atomic mass is 9.97. The molecule has 0 aromatic heterocycles. The minimum absolute atomic E-state index is 0.0577. The Morgan fingerprint density at radius 3 is 2.57 bits per heavy atom. The first-order chi connectivity index (χ1) is 6.69. The van der Waals surface area contributed by atoms with E-state index in [0.29, 0.717) is 10.0 Å². The Morgan fingerprint density at radius 2 is 2.07 bits per heavy atom. The highest BCUT2D eigenvalue weighted by atomic mass is 35.5. The Bertz CT molecular complexity index is 323. The molecule has 0 heterocycles. The van der Waals surface area contributed by atoms with Crippen molar-refractivity contribution in [3.63, 3.8) is 0 Å². The number of rotatable bonds is 4. The summed E-state index contributed by atoms with van der Waals surface area (Å²) >= 11 is 11.7. The van der Waals surface area contributed by atoms with E-state index in [9.17, 15) is 0 Å². The van der Waals surface area contributed by atoms with Crippen LogP contribution in [0, 0.1) is 0 Å². The fraction of sp³-hybridized carbons (Fsp3) is 0.273. The summed E-state index contributed by atoms with van der Waals surface area (Å²) in [4.78, 5) is 0. The Kier molecular flexibility index (Phi) is 4.46. The van der Waals surface area contributed by atoms with Gasteiger partial charge < -0.3 is 5.11 Å². The number of halogens is 2. The van der Waals surface area contributed by atoms with Crippen molar-refractivity contribution in [2.24, 2.45) is 0 Å². The lowest BCUT2D eigenvalue weighted by molar-refractivity contribution is 0.266. The molecule has 0 aliphatic heterocycles. The van der Waals surface area contributed by atoms with Crippen LogP contribution < -0.4 is 0 Å². The Morgan fingerprint density at radius 1 is 1.36 bits per heavy atom. The summed E-state index contributed by atoms with van der Waals surface area (Å²) in [6.45, 7) is 3.73. The number of benzene rings is 1. The molecule has 3 heteroatoms. The SMILES string of the molecule is C=CCC(CO)c1ccc(Cl)c(Cl)c1. The molecule has 0 bridgehead atoms. The largest absolute Gasteiger partial charge is 0.396 e. The van der Waals surface area contributed by atoms with Crippen molar-refractivity contribution in [3.05, 3.63) is 46.5 Å². The summed E-state index contributed by atoms with van der Waals surface area (Å²) in [5.41, 5.74) is 0.988. The number of aliphatic hydroxyl groups excluding tert-OH is 1. The molecule has 0 saturated heterocycles. The predicted molar refractivity (Wildman–Crippen MR) is 61.1 cm³/mol. The van der Waals surface area contributed by atoms with Gasteiger partial charge in [-0.15, -0.1) is 6.58 Å². The van der Waals surface area contributed by atoms with Gasteiger partial charge in [0.2, 0.25) is 0 Å². The van der Waals surface area contributed by atoms with Gasteiger partial charge in [0.05, 0.1) is 16.7 Å². The number of aliphatic hydroxyl groups is 1. The van der Waals surface area contributed by atoms with Gasteiger partial charge in [0.15, 0.2) is 0 Å². The molecule has 14 heavy (non-hydrogen) atoms. The second-order valence-electron chi connectivity index (χ2n) is 3.08. The third-order valence-corrected chi connectivity index (χ3v) is 2.83. The molecule has 0 saturated carbocycles. The van der Waals surface area contributed by atoms with Gasteiger partial charge in [0.25, 0.3) is 0 Å². The number of hydrogen-bond acceptors (Lipinski definition) is 1. The van der Waals surface area contributed by atoms with Crippen molar-refractivity contribution < 1.29 is 5.11 Å². The van der Waals surface area contributed by atoms with E-state index >= 15 is 0 Å². The van der Waals surface area contributed by atoms with Gasteiger partial charge in [-0.2, -0.15) is 0 Å². The summed E-state index contributed by atoms with van der Waals surface area (Å²) in [7, 11) is 0. The molecule has 0 amide bonds. The quantitative estimate of drug-likeness (QED) is 0.784. The van der Waals surface area contributed by atoms with E-state index in [-0.39, 0.29) is 12.5 Å². The lowest BCUT2D eigenvalue weighted by Crippen LogP contribution is -2.02. The van der Waals surface area contributed by atoms with Crippen LogP contribution in [0.5, 0.6) is 0 Å². The maximum atomic E-state index is 9.15. The van der Waals surface area contributed by atoms with Gasteiger partial charge in [-0.3, -0.25) is 0 Å². The van der Waals surface area contributed by atoms with Crippen molar-refractivity contribution in [2.75, 3.05) is 6.61 Å². The topological polar surface area (TPSA) is 20.2 Å². The monoisotopic (exact) mass is 230 g/mol. The molecule has 1 aromatic carbocycles. The van der Waals surface area contributed by atoms with Crippen molar-refractivity contribution in [1.82, 2.24) is 0 Å². The maximum absolute atomic E-state index is 9.15. The first-order valence-corrected chi connectivity index (χ1v) is 5.11. The maximum Gasteiger partial charge on any atom is 0.0595 e. The molecule has 1 N–H and O–H groups in total. The van der Waals surface area contributed by atoms with E-state index in [1.165, 1.54) is 0 Å². The predicted octanol–water partition coefficient (Wildman–Crippen LogP) is 3.65. The zero-order chi connectivity index (χ0) is 10.6. The van der Waals surface area contributed by atoms with Crippen LogP contribution in [0.2, 0.25) is 10.0 Å². The van der Waals surface area contributed by atoms with E-state index in [4.69, 9.17) is 28.3 Å². The first-order valence-electron chi connectivity index (χ1n) is 4.35. The van der Waals surface area contributed by atoms with Gasteiger partial charge in [-0.05, 0) is 24.1 Å². The van der Waals surface area contributed by atoms with Crippen LogP contribution in [0.4, 0.5) is 0 Å². The van der Waals surface area contributed by atoms with Gasteiger partial charge in [-0.25, -0.2) is 0 Å². The molecule has 1 nitrogen and oxygen atoms in total. The Labute approximate surface area is 94.0 Å². The molecule has 0 spiro atoms. The smallest absolute Gasteiger partial charge is 0.0595 e. The van der Waals surface area contributed by atoms with Gasteiger partial charge in [0.1, 0.15) is 0 Å². The van der Waals surface area contributed by atoms with Crippen molar-refractivity contribution in [3.8, 4) is 0 Å². The molecule has 0 aliphatic carbocycles. The van der Waals surface area contributed by atoms with E-state index in [0.717, 1.165) is 12.0 Å². The molecule has 0 radical (unpaired) electrons. The van der Waals surface area contributed by atoms with Crippen LogP contribution in [0.25, 0.3) is 0 Å². The van der Waals surface area contributed by atoms with Crippen LogP contribution in [-0.4, -0.2) is 11.7 Å². The normalized spacial score (nSPS) is 12.5. The highest BCUT2D eigenvalue weighted by Crippen LogP contribution is 2.27. The zero-order valence-corrected chi connectivity index (χ0v) is 9.22. The lowest BCUT2D eigenvalue weighted by Gasteiger charge is -2.12. The molecule has 1 rings (SSSR count). The Balaban J connectivity index is 2.93. The van der Waals surface area contributed by atoms with Gasteiger partial charge in [0, 0.05) is 5.92 Å². The number of hydrogen-bond donors (Lipinski definition) is 1. The average molecular weight is 231 g/mol. The molecule has 1 unspecified atom stereocenters. The molecular weight excluding hydrogens is 219 g/mol. The van der Waals surface area contributed by atoms with Crippen molar-refractivity contribution in [2.45, 2.75) is 12.3 Å². The van der Waals surface area contributed by atoms with E-state index in [2.05, 4.69) is 6.58 Å². The first kappa shape index (κ1) is 11.6. The van der Waals surface area contributed by atoms with E-state index in [1.807, 2.05) is 6.07 Å². The standard InChI is InChI=1S/C11H12Cl2O/c1-2-3-9(7-14)8-4-5-10(12)11(13)6-8/h2,4-6,9,14H,1,3,7H2. The molecule has 0 aliphatic rings. The summed E-state index contributed by atoms with van der Waals surface area (Å²) in [5, 5.41) is 10.2. The second kappa shape index (κ2) is 5.40. The highest BCUT2D eigenvalue weighted by Gasteiger charge is 2.09.